The number of aryl methyl sites for hydroxylation is 1. The number of nitrogens with one attached hydrogen (secondary N) is 1. The predicted octanol–water partition coefficient (Wildman–Crippen LogP) is 2.76. The molecule has 8 heteroatoms. The molecule has 0 aliphatic heterocycles. The maximum absolute atomic E-state index is 6.26. The molecule has 6 nitrogen and oxygen atoms in total. The highest BCUT2D eigenvalue weighted by molar-refractivity contribution is 6.36. The first-order chi connectivity index (χ1) is 9.58. The summed E-state index contributed by atoms with van der Waals surface area (Å²) in [5.74, 6) is 0.493. The number of anilines is 1. The van der Waals surface area contributed by atoms with Gasteiger partial charge in [-0.25, -0.2) is 0 Å². The maximum Gasteiger partial charge on any atom is 0.133 e. The average molecular weight is 309 g/mol. The van der Waals surface area contributed by atoms with E-state index in [1.807, 2.05) is 6.07 Å². The fourth-order valence-electron chi connectivity index (χ4n) is 1.99. The molecule has 20 heavy (non-hydrogen) atoms. The SMILES string of the molecule is Cn1nc(-c2cn[nH]n2)c(-c2ccc(Cl)cc2Cl)c1N. The highest BCUT2D eigenvalue weighted by Crippen LogP contribution is 2.39. The summed E-state index contributed by atoms with van der Waals surface area (Å²) in [7, 11) is 1.76. The van der Waals surface area contributed by atoms with Crippen molar-refractivity contribution in [1.29, 1.82) is 0 Å². The first kappa shape index (κ1) is 13.0. The van der Waals surface area contributed by atoms with Crippen molar-refractivity contribution in [3.63, 3.8) is 0 Å². The second-order valence-corrected chi connectivity index (χ2v) is 5.06. The molecule has 0 unspecified atom stereocenters. The van der Waals surface area contributed by atoms with Crippen molar-refractivity contribution in [3.05, 3.63) is 34.4 Å². The number of aromatic amines is 1. The number of aromatic nitrogens is 5. The van der Waals surface area contributed by atoms with E-state index in [9.17, 15) is 0 Å². The third-order valence-electron chi connectivity index (χ3n) is 2.95. The molecule has 3 aromatic rings. The molecule has 0 radical (unpaired) electrons. The smallest absolute Gasteiger partial charge is 0.133 e. The van der Waals surface area contributed by atoms with Crippen molar-refractivity contribution < 1.29 is 0 Å². The Morgan fingerprint density at radius 3 is 2.75 bits per heavy atom. The zero-order valence-corrected chi connectivity index (χ0v) is 11.9. The van der Waals surface area contributed by atoms with Gasteiger partial charge in [0, 0.05) is 17.6 Å². The molecular weight excluding hydrogens is 299 g/mol. The quantitative estimate of drug-likeness (QED) is 0.762. The first-order valence-electron chi connectivity index (χ1n) is 5.72. The normalized spacial score (nSPS) is 10.9. The van der Waals surface area contributed by atoms with E-state index >= 15 is 0 Å². The van der Waals surface area contributed by atoms with Crippen LogP contribution < -0.4 is 5.73 Å². The summed E-state index contributed by atoms with van der Waals surface area (Å²) in [6.07, 6.45) is 1.58. The van der Waals surface area contributed by atoms with Crippen LogP contribution in [0.15, 0.2) is 24.4 Å². The van der Waals surface area contributed by atoms with Crippen molar-refractivity contribution in [2.45, 2.75) is 0 Å². The topological polar surface area (TPSA) is 85.4 Å². The van der Waals surface area contributed by atoms with Gasteiger partial charge in [-0.2, -0.15) is 20.5 Å². The third-order valence-corrected chi connectivity index (χ3v) is 3.50. The van der Waals surface area contributed by atoms with E-state index in [1.54, 1.807) is 30.1 Å². The fraction of sp³-hybridized carbons (Fsp3) is 0.0833. The van der Waals surface area contributed by atoms with E-state index in [2.05, 4.69) is 20.5 Å². The van der Waals surface area contributed by atoms with Crippen LogP contribution in [0.3, 0.4) is 0 Å². The van der Waals surface area contributed by atoms with Gasteiger partial charge in [-0.1, -0.05) is 29.3 Å². The standard InChI is InChI=1S/C12H10Cl2N6/c1-20-12(15)10(7-3-2-6(13)4-8(7)14)11(18-20)9-5-16-19-17-9/h2-5H,15H2,1H3,(H,16,17,19). The number of nitrogens with two attached hydrogens (primary N) is 1. The molecule has 102 valence electrons. The molecule has 2 aromatic heterocycles. The molecular formula is C12H10Cl2N6. The van der Waals surface area contributed by atoms with Gasteiger partial charge in [-0.05, 0) is 12.1 Å². The van der Waals surface area contributed by atoms with Crippen LogP contribution in [0.4, 0.5) is 5.82 Å². The number of benzene rings is 1. The van der Waals surface area contributed by atoms with Crippen LogP contribution in [0.1, 0.15) is 0 Å². The summed E-state index contributed by atoms with van der Waals surface area (Å²) in [5.41, 5.74) is 8.77. The molecule has 3 N–H and O–H groups in total. The summed E-state index contributed by atoms with van der Waals surface area (Å²) in [6, 6.07) is 5.22. The minimum atomic E-state index is 0.493. The Morgan fingerprint density at radius 2 is 2.10 bits per heavy atom. The molecule has 0 bridgehead atoms. The second-order valence-electron chi connectivity index (χ2n) is 4.21. The van der Waals surface area contributed by atoms with Crippen molar-refractivity contribution in [2.24, 2.45) is 7.05 Å². The lowest BCUT2D eigenvalue weighted by atomic mass is 10.0. The molecule has 3 rings (SSSR count). The number of nitrogens with zero attached hydrogens (tertiary/aromatic N) is 4. The fourth-order valence-corrected chi connectivity index (χ4v) is 2.49. The van der Waals surface area contributed by atoms with Gasteiger partial charge < -0.3 is 5.73 Å². The molecule has 0 atom stereocenters. The van der Waals surface area contributed by atoms with E-state index < -0.39 is 0 Å². The molecule has 0 aliphatic rings. The van der Waals surface area contributed by atoms with Crippen molar-refractivity contribution in [3.8, 4) is 22.5 Å². The summed E-state index contributed by atoms with van der Waals surface area (Å²) in [4.78, 5) is 0. The summed E-state index contributed by atoms with van der Waals surface area (Å²) in [6.45, 7) is 0. The summed E-state index contributed by atoms with van der Waals surface area (Å²) in [5, 5.41) is 15.8. The zero-order valence-electron chi connectivity index (χ0n) is 10.4. The van der Waals surface area contributed by atoms with Crippen molar-refractivity contribution >= 4 is 29.0 Å². The third kappa shape index (κ3) is 2.03. The lowest BCUT2D eigenvalue weighted by Gasteiger charge is -2.05. The highest BCUT2D eigenvalue weighted by Gasteiger charge is 2.21. The monoisotopic (exact) mass is 308 g/mol. The Labute approximate surface area is 124 Å². The average Bonchev–Trinajstić information content (AvgIpc) is 3.01. The molecule has 1 aromatic carbocycles. The second kappa shape index (κ2) is 4.81. The Balaban J connectivity index is 2.28. The van der Waals surface area contributed by atoms with Gasteiger partial charge in [0.1, 0.15) is 17.2 Å². The van der Waals surface area contributed by atoms with E-state index in [0.717, 1.165) is 5.56 Å². The molecule has 0 spiro atoms. The minimum absolute atomic E-state index is 0.493. The van der Waals surface area contributed by atoms with Gasteiger partial charge in [0.2, 0.25) is 0 Å². The summed E-state index contributed by atoms with van der Waals surface area (Å²) >= 11 is 12.2. The van der Waals surface area contributed by atoms with Gasteiger partial charge in [-0.15, -0.1) is 0 Å². The van der Waals surface area contributed by atoms with E-state index in [-0.39, 0.29) is 0 Å². The molecule has 2 heterocycles. The predicted molar refractivity (Wildman–Crippen MR) is 78.5 cm³/mol. The van der Waals surface area contributed by atoms with Crippen molar-refractivity contribution in [2.75, 3.05) is 5.73 Å². The Morgan fingerprint density at radius 1 is 1.30 bits per heavy atom. The molecule has 0 fully saturated rings. The Bertz CT molecular complexity index is 763. The highest BCUT2D eigenvalue weighted by atomic mass is 35.5. The van der Waals surface area contributed by atoms with Crippen LogP contribution in [0, 0.1) is 0 Å². The maximum atomic E-state index is 6.26. The van der Waals surface area contributed by atoms with Crippen LogP contribution in [-0.4, -0.2) is 25.2 Å². The van der Waals surface area contributed by atoms with E-state index in [4.69, 9.17) is 28.9 Å². The van der Waals surface area contributed by atoms with Gasteiger partial charge in [0.05, 0.1) is 16.8 Å². The van der Waals surface area contributed by atoms with Gasteiger partial charge in [-0.3, -0.25) is 4.68 Å². The van der Waals surface area contributed by atoms with E-state index in [1.165, 1.54) is 0 Å². The first-order valence-corrected chi connectivity index (χ1v) is 6.47. The van der Waals surface area contributed by atoms with Gasteiger partial charge in [0.15, 0.2) is 0 Å². The van der Waals surface area contributed by atoms with Crippen LogP contribution in [0.2, 0.25) is 10.0 Å². The molecule has 0 amide bonds. The number of H-pyrrole nitrogens is 1. The number of hydrogen-bond donors (Lipinski definition) is 2. The van der Waals surface area contributed by atoms with Gasteiger partial charge >= 0.3 is 0 Å². The Kier molecular flexibility index (Phi) is 3.11. The van der Waals surface area contributed by atoms with Gasteiger partial charge in [0.25, 0.3) is 0 Å². The zero-order chi connectivity index (χ0) is 14.3. The van der Waals surface area contributed by atoms with Crippen LogP contribution in [0.5, 0.6) is 0 Å². The van der Waals surface area contributed by atoms with Crippen molar-refractivity contribution in [1.82, 2.24) is 25.2 Å². The minimum Gasteiger partial charge on any atom is -0.383 e. The lowest BCUT2D eigenvalue weighted by Crippen LogP contribution is -1.98. The van der Waals surface area contributed by atoms with Crippen LogP contribution in [0.25, 0.3) is 22.5 Å². The number of hydrogen-bond acceptors (Lipinski definition) is 4. The molecule has 0 saturated heterocycles. The van der Waals surface area contributed by atoms with E-state index in [0.29, 0.717) is 32.8 Å². The Hall–Kier alpha value is -2.05. The largest absolute Gasteiger partial charge is 0.383 e. The summed E-state index contributed by atoms with van der Waals surface area (Å²) < 4.78 is 1.57. The van der Waals surface area contributed by atoms with Crippen LogP contribution in [-0.2, 0) is 7.05 Å². The number of halogens is 2. The van der Waals surface area contributed by atoms with Crippen LogP contribution >= 0.6 is 23.2 Å². The molecule has 0 aliphatic carbocycles. The number of nitrogen functional groups attached to an aromatic ring is 1. The lowest BCUT2D eigenvalue weighted by molar-refractivity contribution is 0.781. The molecule has 0 saturated carbocycles. The number of rotatable bonds is 2.